The van der Waals surface area contributed by atoms with Crippen molar-refractivity contribution in [1.29, 1.82) is 0 Å². The normalized spacial score (nSPS) is 12.5. The maximum atomic E-state index is 11.8. The van der Waals surface area contributed by atoms with E-state index in [1.165, 1.54) is 0 Å². The van der Waals surface area contributed by atoms with Crippen molar-refractivity contribution in [3.63, 3.8) is 0 Å². The lowest BCUT2D eigenvalue weighted by molar-refractivity contribution is -0.117. The van der Waals surface area contributed by atoms with E-state index in [2.05, 4.69) is 10.4 Å². The van der Waals surface area contributed by atoms with Crippen molar-refractivity contribution in [1.82, 2.24) is 15.1 Å². The highest BCUT2D eigenvalue weighted by Crippen LogP contribution is 2.10. The molecule has 0 aliphatic rings. The van der Waals surface area contributed by atoms with Crippen LogP contribution in [0.5, 0.6) is 0 Å². The fourth-order valence-electron chi connectivity index (χ4n) is 1.74. The summed E-state index contributed by atoms with van der Waals surface area (Å²) in [4.78, 5) is 11.8. The minimum absolute atomic E-state index is 0.0541. The average molecular weight is 255 g/mol. The van der Waals surface area contributed by atoms with Gasteiger partial charge in [-0.3, -0.25) is 9.48 Å². The van der Waals surface area contributed by atoms with Crippen LogP contribution in [0.3, 0.4) is 0 Å². The lowest BCUT2D eigenvalue weighted by atomic mass is 10.2. The number of hydrogen-bond acceptors (Lipinski definition) is 2. The molecule has 1 atom stereocenters. The van der Waals surface area contributed by atoms with Gasteiger partial charge in [0.25, 0.3) is 0 Å². The van der Waals surface area contributed by atoms with Crippen LogP contribution >= 0.6 is 0 Å². The van der Waals surface area contributed by atoms with Gasteiger partial charge in [0.05, 0.1) is 12.2 Å². The molecule has 0 fully saturated rings. The van der Waals surface area contributed by atoms with Gasteiger partial charge < -0.3 is 5.32 Å². The first-order chi connectivity index (χ1) is 9.15. The third-order valence-electron chi connectivity index (χ3n) is 2.81. The van der Waals surface area contributed by atoms with Crippen LogP contribution in [0.15, 0.2) is 48.8 Å². The van der Waals surface area contributed by atoms with Gasteiger partial charge in [0.2, 0.25) is 5.91 Å². The molecule has 1 aromatic carbocycles. The first-order valence-corrected chi connectivity index (χ1v) is 6.17. The van der Waals surface area contributed by atoms with E-state index in [9.17, 15) is 4.79 Å². The molecule has 0 aliphatic heterocycles. The van der Waals surface area contributed by atoms with Crippen LogP contribution in [0.4, 0.5) is 0 Å². The predicted molar refractivity (Wildman–Crippen MR) is 75.2 cm³/mol. The molecule has 1 amide bonds. The van der Waals surface area contributed by atoms with Crippen molar-refractivity contribution in [2.45, 2.75) is 13.0 Å². The van der Waals surface area contributed by atoms with E-state index in [0.717, 1.165) is 11.1 Å². The van der Waals surface area contributed by atoms with Crippen LogP contribution in [0, 0.1) is 0 Å². The van der Waals surface area contributed by atoms with Gasteiger partial charge in [0.15, 0.2) is 0 Å². The molecule has 1 heterocycles. The second kappa shape index (κ2) is 6.00. The second-order valence-corrected chi connectivity index (χ2v) is 4.42. The standard InChI is InChI=1S/C15H17N3O/c1-12(14-10-16-18(2)11-14)17-15(19)9-8-13-6-4-3-5-7-13/h3-12H,1-2H3,(H,17,19)/b9-8+. The summed E-state index contributed by atoms with van der Waals surface area (Å²) in [6.07, 6.45) is 6.99. The minimum Gasteiger partial charge on any atom is -0.346 e. The predicted octanol–water partition coefficient (Wildman–Crippen LogP) is 2.31. The monoisotopic (exact) mass is 255 g/mol. The molecular formula is C15H17N3O. The maximum absolute atomic E-state index is 11.8. The number of benzene rings is 1. The number of amides is 1. The molecule has 0 saturated carbocycles. The SMILES string of the molecule is CC(NC(=O)/C=C/c1ccccc1)c1cnn(C)c1. The number of rotatable bonds is 4. The highest BCUT2D eigenvalue weighted by atomic mass is 16.1. The third kappa shape index (κ3) is 3.81. The van der Waals surface area contributed by atoms with Gasteiger partial charge >= 0.3 is 0 Å². The van der Waals surface area contributed by atoms with Gasteiger partial charge in [-0.2, -0.15) is 5.10 Å². The van der Waals surface area contributed by atoms with Gasteiger partial charge in [-0.05, 0) is 18.6 Å². The molecule has 0 aliphatic carbocycles. The molecule has 1 unspecified atom stereocenters. The largest absolute Gasteiger partial charge is 0.346 e. The zero-order chi connectivity index (χ0) is 13.7. The fourth-order valence-corrected chi connectivity index (χ4v) is 1.74. The zero-order valence-electron chi connectivity index (χ0n) is 11.1. The van der Waals surface area contributed by atoms with E-state index in [-0.39, 0.29) is 11.9 Å². The van der Waals surface area contributed by atoms with E-state index < -0.39 is 0 Å². The lowest BCUT2D eigenvalue weighted by Crippen LogP contribution is -2.24. The van der Waals surface area contributed by atoms with Gasteiger partial charge in [-0.25, -0.2) is 0 Å². The highest BCUT2D eigenvalue weighted by Gasteiger charge is 2.08. The number of carbonyl (C=O) groups is 1. The van der Waals surface area contributed by atoms with Crippen LogP contribution in [0.25, 0.3) is 6.08 Å². The summed E-state index contributed by atoms with van der Waals surface area (Å²) in [6.45, 7) is 1.94. The second-order valence-electron chi connectivity index (χ2n) is 4.42. The molecule has 0 spiro atoms. The molecule has 4 nitrogen and oxygen atoms in total. The summed E-state index contributed by atoms with van der Waals surface area (Å²) in [5, 5.41) is 6.99. The minimum atomic E-state index is -0.111. The zero-order valence-corrected chi connectivity index (χ0v) is 11.1. The number of hydrogen-bond donors (Lipinski definition) is 1. The summed E-state index contributed by atoms with van der Waals surface area (Å²) in [5.74, 6) is -0.111. The Morgan fingerprint density at radius 2 is 2.11 bits per heavy atom. The molecule has 1 aromatic heterocycles. The topological polar surface area (TPSA) is 46.9 Å². The Balaban J connectivity index is 1.93. The number of nitrogens with zero attached hydrogens (tertiary/aromatic N) is 2. The maximum Gasteiger partial charge on any atom is 0.244 e. The van der Waals surface area contributed by atoms with Crippen LogP contribution in [0.1, 0.15) is 24.1 Å². The van der Waals surface area contributed by atoms with Crippen LogP contribution in [0.2, 0.25) is 0 Å². The number of aromatic nitrogens is 2. The molecule has 98 valence electrons. The van der Waals surface area contributed by atoms with E-state index in [4.69, 9.17) is 0 Å². The molecule has 19 heavy (non-hydrogen) atoms. The Hall–Kier alpha value is -2.36. The number of nitrogens with one attached hydrogen (secondary N) is 1. The Morgan fingerprint density at radius 3 is 2.74 bits per heavy atom. The van der Waals surface area contributed by atoms with Crippen LogP contribution in [-0.2, 0) is 11.8 Å². The van der Waals surface area contributed by atoms with Gasteiger partial charge in [-0.1, -0.05) is 30.3 Å². The van der Waals surface area contributed by atoms with Gasteiger partial charge in [0, 0.05) is 24.9 Å². The van der Waals surface area contributed by atoms with E-state index in [1.807, 2.05) is 50.5 Å². The molecule has 2 aromatic rings. The Bertz CT molecular complexity index is 572. The summed E-state index contributed by atoms with van der Waals surface area (Å²) in [7, 11) is 1.85. The summed E-state index contributed by atoms with van der Waals surface area (Å²) in [6, 6.07) is 9.68. The molecule has 1 N–H and O–H groups in total. The first kappa shape index (κ1) is 13.1. The van der Waals surface area contributed by atoms with Crippen molar-refractivity contribution in [2.24, 2.45) is 7.05 Å². The quantitative estimate of drug-likeness (QED) is 0.852. The van der Waals surface area contributed by atoms with Crippen molar-refractivity contribution < 1.29 is 4.79 Å². The van der Waals surface area contributed by atoms with Crippen LogP contribution < -0.4 is 5.32 Å². The lowest BCUT2D eigenvalue weighted by Gasteiger charge is -2.09. The van der Waals surface area contributed by atoms with E-state index in [1.54, 1.807) is 23.0 Å². The molecule has 2 rings (SSSR count). The fraction of sp³-hybridized carbons (Fsp3) is 0.200. The Labute approximate surface area is 112 Å². The number of carbonyl (C=O) groups excluding carboxylic acids is 1. The smallest absolute Gasteiger partial charge is 0.244 e. The number of aryl methyl sites for hydroxylation is 1. The van der Waals surface area contributed by atoms with E-state index >= 15 is 0 Å². The van der Waals surface area contributed by atoms with Crippen molar-refractivity contribution in [3.05, 3.63) is 59.9 Å². The highest BCUT2D eigenvalue weighted by molar-refractivity contribution is 5.91. The molecule has 4 heteroatoms. The first-order valence-electron chi connectivity index (χ1n) is 6.17. The summed E-state index contributed by atoms with van der Waals surface area (Å²) < 4.78 is 1.72. The van der Waals surface area contributed by atoms with Crippen molar-refractivity contribution in [3.8, 4) is 0 Å². The van der Waals surface area contributed by atoms with E-state index in [0.29, 0.717) is 0 Å². The molecule has 0 bridgehead atoms. The Morgan fingerprint density at radius 1 is 1.37 bits per heavy atom. The average Bonchev–Trinajstić information content (AvgIpc) is 2.84. The third-order valence-corrected chi connectivity index (χ3v) is 2.81. The Kier molecular flexibility index (Phi) is 4.13. The van der Waals surface area contributed by atoms with Crippen LogP contribution in [-0.4, -0.2) is 15.7 Å². The van der Waals surface area contributed by atoms with Crippen molar-refractivity contribution >= 4 is 12.0 Å². The molecule has 0 radical (unpaired) electrons. The van der Waals surface area contributed by atoms with Crippen molar-refractivity contribution in [2.75, 3.05) is 0 Å². The summed E-state index contributed by atoms with van der Waals surface area (Å²) in [5.41, 5.74) is 2.00. The van der Waals surface area contributed by atoms with Gasteiger partial charge in [-0.15, -0.1) is 0 Å². The summed E-state index contributed by atoms with van der Waals surface area (Å²) >= 11 is 0. The molecular weight excluding hydrogens is 238 g/mol. The van der Waals surface area contributed by atoms with Gasteiger partial charge in [0.1, 0.15) is 0 Å². The molecule has 0 saturated heterocycles.